The summed E-state index contributed by atoms with van der Waals surface area (Å²) < 4.78 is 32.5. The molecular formula is C21H24N2O4S. The molecule has 0 radical (unpaired) electrons. The van der Waals surface area contributed by atoms with E-state index in [1.54, 1.807) is 32.2 Å². The Balaban J connectivity index is 1.71. The van der Waals surface area contributed by atoms with Gasteiger partial charge in [0.25, 0.3) is 0 Å². The molecule has 3 aromatic rings. The molecule has 0 bridgehead atoms. The molecule has 0 fully saturated rings. The van der Waals surface area contributed by atoms with Crippen molar-refractivity contribution in [1.82, 2.24) is 4.72 Å². The number of carbonyl (C=O) groups is 1. The number of furan rings is 1. The predicted octanol–water partition coefficient (Wildman–Crippen LogP) is 3.92. The number of benzene rings is 2. The number of amides is 1. The smallest absolute Gasteiger partial charge is 0.240 e. The van der Waals surface area contributed by atoms with Gasteiger partial charge in [-0.25, -0.2) is 13.1 Å². The highest BCUT2D eigenvalue weighted by Crippen LogP contribution is 2.27. The van der Waals surface area contributed by atoms with Crippen LogP contribution in [0.4, 0.5) is 5.69 Å². The SMILES string of the molecule is Cc1ccc2c(CC(=O)Nc3ccc(S(=O)(=O)NC(C)C)cc3)coc2c1C. The first-order valence-corrected chi connectivity index (χ1v) is 10.5. The van der Waals surface area contributed by atoms with Crippen molar-refractivity contribution in [3.8, 4) is 0 Å². The first kappa shape index (κ1) is 20.1. The molecule has 28 heavy (non-hydrogen) atoms. The summed E-state index contributed by atoms with van der Waals surface area (Å²) in [7, 11) is -3.55. The molecule has 148 valence electrons. The molecule has 0 saturated heterocycles. The van der Waals surface area contributed by atoms with Crippen molar-refractivity contribution in [2.24, 2.45) is 0 Å². The lowest BCUT2D eigenvalue weighted by molar-refractivity contribution is -0.115. The van der Waals surface area contributed by atoms with Gasteiger partial charge in [-0.2, -0.15) is 0 Å². The van der Waals surface area contributed by atoms with Crippen molar-refractivity contribution in [2.75, 3.05) is 5.32 Å². The number of hydrogen-bond acceptors (Lipinski definition) is 4. The Labute approximate surface area is 165 Å². The molecule has 1 aromatic heterocycles. The van der Waals surface area contributed by atoms with Crippen LogP contribution >= 0.6 is 0 Å². The van der Waals surface area contributed by atoms with Crippen molar-refractivity contribution in [3.63, 3.8) is 0 Å². The third-order valence-electron chi connectivity index (χ3n) is 4.53. The third-order valence-corrected chi connectivity index (χ3v) is 6.21. The van der Waals surface area contributed by atoms with Crippen LogP contribution in [0.5, 0.6) is 0 Å². The summed E-state index contributed by atoms with van der Waals surface area (Å²) in [6.45, 7) is 7.53. The number of rotatable bonds is 6. The van der Waals surface area contributed by atoms with Crippen LogP contribution in [0, 0.1) is 13.8 Å². The lowest BCUT2D eigenvalue weighted by Gasteiger charge is -2.10. The molecule has 0 spiro atoms. The first-order valence-electron chi connectivity index (χ1n) is 9.06. The van der Waals surface area contributed by atoms with E-state index in [4.69, 9.17) is 4.42 Å². The summed E-state index contributed by atoms with van der Waals surface area (Å²) in [4.78, 5) is 12.6. The van der Waals surface area contributed by atoms with Crippen LogP contribution in [-0.4, -0.2) is 20.4 Å². The highest BCUT2D eigenvalue weighted by atomic mass is 32.2. The van der Waals surface area contributed by atoms with Gasteiger partial charge in [0.1, 0.15) is 5.58 Å². The van der Waals surface area contributed by atoms with E-state index < -0.39 is 10.0 Å². The predicted molar refractivity (Wildman–Crippen MR) is 110 cm³/mol. The maximum atomic E-state index is 12.4. The van der Waals surface area contributed by atoms with Gasteiger partial charge in [-0.15, -0.1) is 0 Å². The highest BCUT2D eigenvalue weighted by Gasteiger charge is 2.16. The van der Waals surface area contributed by atoms with Crippen LogP contribution < -0.4 is 10.0 Å². The second kappa shape index (κ2) is 7.77. The molecule has 7 heteroatoms. The average Bonchev–Trinajstić information content (AvgIpc) is 3.01. The molecule has 6 nitrogen and oxygen atoms in total. The Bertz CT molecular complexity index is 1110. The minimum absolute atomic E-state index is 0.158. The van der Waals surface area contributed by atoms with Gasteiger partial charge in [0.05, 0.1) is 17.6 Å². The monoisotopic (exact) mass is 400 g/mol. The largest absolute Gasteiger partial charge is 0.464 e. The van der Waals surface area contributed by atoms with Gasteiger partial charge in [0.15, 0.2) is 0 Å². The van der Waals surface area contributed by atoms with Crippen molar-refractivity contribution < 1.29 is 17.6 Å². The number of nitrogens with one attached hydrogen (secondary N) is 2. The second-order valence-electron chi connectivity index (χ2n) is 7.17. The van der Waals surface area contributed by atoms with Crippen LogP contribution in [0.1, 0.15) is 30.5 Å². The first-order chi connectivity index (χ1) is 13.2. The van der Waals surface area contributed by atoms with Gasteiger partial charge in [-0.05, 0) is 63.1 Å². The number of fused-ring (bicyclic) bond motifs is 1. The summed E-state index contributed by atoms with van der Waals surface area (Å²) >= 11 is 0. The Morgan fingerprint density at radius 3 is 2.39 bits per heavy atom. The van der Waals surface area contributed by atoms with E-state index in [9.17, 15) is 13.2 Å². The zero-order valence-corrected chi connectivity index (χ0v) is 17.2. The second-order valence-corrected chi connectivity index (χ2v) is 8.88. The fourth-order valence-corrected chi connectivity index (χ4v) is 4.25. The molecule has 0 unspecified atom stereocenters. The Kier molecular flexibility index (Phi) is 5.58. The van der Waals surface area contributed by atoms with E-state index in [0.29, 0.717) is 5.69 Å². The van der Waals surface area contributed by atoms with Gasteiger partial charge in [0.2, 0.25) is 15.9 Å². The van der Waals surface area contributed by atoms with Crippen LogP contribution in [0.3, 0.4) is 0 Å². The summed E-state index contributed by atoms with van der Waals surface area (Å²) in [6, 6.07) is 9.88. The Hall–Kier alpha value is -2.64. The topological polar surface area (TPSA) is 88.4 Å². The quantitative estimate of drug-likeness (QED) is 0.656. The van der Waals surface area contributed by atoms with Gasteiger partial charge >= 0.3 is 0 Å². The van der Waals surface area contributed by atoms with E-state index in [1.165, 1.54) is 12.1 Å². The molecule has 2 N–H and O–H groups in total. The molecular weight excluding hydrogens is 376 g/mol. The summed E-state index contributed by atoms with van der Waals surface area (Å²) in [5.41, 5.74) is 4.36. The molecule has 1 amide bonds. The van der Waals surface area contributed by atoms with E-state index in [-0.39, 0.29) is 23.3 Å². The fourth-order valence-electron chi connectivity index (χ4n) is 3.00. The normalized spacial score (nSPS) is 11.9. The number of anilines is 1. The van der Waals surface area contributed by atoms with Crippen molar-refractivity contribution in [3.05, 3.63) is 59.4 Å². The van der Waals surface area contributed by atoms with Gasteiger partial charge in [0, 0.05) is 22.7 Å². The maximum absolute atomic E-state index is 12.4. The lowest BCUT2D eigenvalue weighted by atomic mass is 10.0. The number of hydrogen-bond donors (Lipinski definition) is 2. The molecule has 2 aromatic carbocycles. The minimum Gasteiger partial charge on any atom is -0.464 e. The van der Waals surface area contributed by atoms with Gasteiger partial charge < -0.3 is 9.73 Å². The van der Waals surface area contributed by atoms with Crippen LogP contribution in [0.25, 0.3) is 11.0 Å². The molecule has 0 aliphatic carbocycles. The van der Waals surface area contributed by atoms with E-state index in [2.05, 4.69) is 10.0 Å². The number of sulfonamides is 1. The van der Waals surface area contributed by atoms with Crippen LogP contribution in [0.2, 0.25) is 0 Å². The van der Waals surface area contributed by atoms with Crippen molar-refractivity contribution >= 4 is 32.6 Å². The zero-order valence-electron chi connectivity index (χ0n) is 16.4. The van der Waals surface area contributed by atoms with Crippen molar-refractivity contribution in [1.29, 1.82) is 0 Å². The molecule has 0 aliphatic rings. The summed E-state index contributed by atoms with van der Waals surface area (Å²) in [6.07, 6.45) is 1.79. The molecule has 0 atom stereocenters. The van der Waals surface area contributed by atoms with Crippen LogP contribution in [0.15, 0.2) is 52.0 Å². The lowest BCUT2D eigenvalue weighted by Crippen LogP contribution is -2.30. The fraction of sp³-hybridized carbons (Fsp3) is 0.286. The summed E-state index contributed by atoms with van der Waals surface area (Å²) in [5, 5.41) is 3.72. The summed E-state index contributed by atoms with van der Waals surface area (Å²) in [5.74, 6) is -0.197. The van der Waals surface area contributed by atoms with E-state index in [0.717, 1.165) is 27.7 Å². The number of carbonyl (C=O) groups excluding carboxylic acids is 1. The van der Waals surface area contributed by atoms with Gasteiger partial charge in [-0.1, -0.05) is 12.1 Å². The zero-order chi connectivity index (χ0) is 20.5. The van der Waals surface area contributed by atoms with E-state index >= 15 is 0 Å². The molecule has 0 saturated carbocycles. The minimum atomic E-state index is -3.55. The standard InChI is InChI=1S/C21H24N2O4S/c1-13(2)23-28(25,26)18-8-6-17(7-9-18)22-20(24)11-16-12-27-21-15(4)14(3)5-10-19(16)21/h5-10,12-13,23H,11H2,1-4H3,(H,22,24). The van der Waals surface area contributed by atoms with E-state index in [1.807, 2.05) is 26.0 Å². The third kappa shape index (κ3) is 4.26. The van der Waals surface area contributed by atoms with Crippen LogP contribution in [-0.2, 0) is 21.2 Å². The number of aryl methyl sites for hydroxylation is 2. The Morgan fingerprint density at radius 2 is 1.75 bits per heavy atom. The molecule has 0 aliphatic heterocycles. The Morgan fingerprint density at radius 1 is 1.07 bits per heavy atom. The average molecular weight is 401 g/mol. The molecule has 1 heterocycles. The van der Waals surface area contributed by atoms with Gasteiger partial charge in [-0.3, -0.25) is 4.79 Å². The maximum Gasteiger partial charge on any atom is 0.240 e. The van der Waals surface area contributed by atoms with Crippen molar-refractivity contribution in [2.45, 2.75) is 45.1 Å². The molecule has 3 rings (SSSR count). The highest BCUT2D eigenvalue weighted by molar-refractivity contribution is 7.89.